The van der Waals surface area contributed by atoms with Crippen LogP contribution < -0.4 is 5.32 Å². The molecule has 1 heterocycles. The van der Waals surface area contributed by atoms with E-state index in [1.54, 1.807) is 24.3 Å². The zero-order chi connectivity index (χ0) is 16.4. The van der Waals surface area contributed by atoms with Gasteiger partial charge in [0.25, 0.3) is 5.91 Å². The molecule has 1 atom stereocenters. The molecule has 0 saturated heterocycles. The van der Waals surface area contributed by atoms with Gasteiger partial charge in [0.1, 0.15) is 11.6 Å². The van der Waals surface area contributed by atoms with Crippen molar-refractivity contribution in [3.05, 3.63) is 58.3 Å². The maximum atomic E-state index is 12.9. The molecule has 0 aromatic heterocycles. The molecule has 1 amide bonds. The van der Waals surface area contributed by atoms with Crippen molar-refractivity contribution in [3.63, 3.8) is 0 Å². The number of amides is 1. The van der Waals surface area contributed by atoms with Crippen molar-refractivity contribution in [2.24, 2.45) is 5.16 Å². The minimum atomic E-state index is -0.798. The van der Waals surface area contributed by atoms with Crippen LogP contribution in [-0.2, 0) is 9.63 Å². The summed E-state index contributed by atoms with van der Waals surface area (Å²) in [5.41, 5.74) is 1.55. The maximum absolute atomic E-state index is 12.9. The summed E-state index contributed by atoms with van der Waals surface area (Å²) in [7, 11) is 0. The minimum absolute atomic E-state index is 0.0424. The summed E-state index contributed by atoms with van der Waals surface area (Å²) < 4.78 is 13.7. The molecule has 2 aromatic carbocycles. The van der Waals surface area contributed by atoms with Crippen LogP contribution in [0.5, 0.6) is 5.75 Å². The first-order valence-electron chi connectivity index (χ1n) is 6.81. The molecule has 1 aliphatic heterocycles. The van der Waals surface area contributed by atoms with E-state index in [1.165, 1.54) is 18.2 Å². The molecule has 0 bridgehead atoms. The number of aromatic hydroxyl groups is 1. The molecule has 23 heavy (non-hydrogen) atoms. The van der Waals surface area contributed by atoms with E-state index in [4.69, 9.17) is 4.84 Å². The van der Waals surface area contributed by atoms with Gasteiger partial charge in [0.15, 0.2) is 0 Å². The first kappa shape index (κ1) is 15.5. The standard InChI is InChI=1S/C16H12BrFN2O3/c17-10-3-6-14(21)13(7-10)19-16(22)15-8-12(20-23-15)9-1-4-11(18)5-2-9/h1-7,15,21H,8H2,(H,19,22)/t15-/m1/s1. The van der Waals surface area contributed by atoms with Gasteiger partial charge in [0.05, 0.1) is 11.4 Å². The van der Waals surface area contributed by atoms with Crippen molar-refractivity contribution >= 4 is 33.2 Å². The predicted molar refractivity (Wildman–Crippen MR) is 86.9 cm³/mol. The van der Waals surface area contributed by atoms with E-state index in [2.05, 4.69) is 26.4 Å². The lowest BCUT2D eigenvalue weighted by atomic mass is 10.0. The number of phenolic OH excluding ortho intramolecular Hbond substituents is 1. The Morgan fingerprint density at radius 2 is 2.04 bits per heavy atom. The lowest BCUT2D eigenvalue weighted by Gasteiger charge is -2.11. The second-order valence-electron chi connectivity index (χ2n) is 4.99. The highest BCUT2D eigenvalue weighted by Crippen LogP contribution is 2.27. The van der Waals surface area contributed by atoms with Gasteiger partial charge in [-0.2, -0.15) is 0 Å². The van der Waals surface area contributed by atoms with Crippen LogP contribution in [0.25, 0.3) is 0 Å². The topological polar surface area (TPSA) is 70.9 Å². The largest absolute Gasteiger partial charge is 0.506 e. The summed E-state index contributed by atoms with van der Waals surface area (Å²) >= 11 is 3.27. The normalized spacial score (nSPS) is 16.6. The summed E-state index contributed by atoms with van der Waals surface area (Å²) in [5, 5.41) is 16.2. The number of nitrogens with one attached hydrogen (secondary N) is 1. The number of hydrogen-bond acceptors (Lipinski definition) is 4. The number of nitrogens with zero attached hydrogens (tertiary/aromatic N) is 1. The molecule has 0 saturated carbocycles. The molecule has 118 valence electrons. The quantitative estimate of drug-likeness (QED) is 0.803. The molecule has 0 spiro atoms. The Kier molecular flexibility index (Phi) is 4.29. The Morgan fingerprint density at radius 1 is 1.30 bits per heavy atom. The minimum Gasteiger partial charge on any atom is -0.506 e. The third-order valence-corrected chi connectivity index (χ3v) is 3.85. The molecular formula is C16H12BrFN2O3. The number of hydrogen-bond donors (Lipinski definition) is 2. The lowest BCUT2D eigenvalue weighted by molar-refractivity contribution is -0.125. The fourth-order valence-electron chi connectivity index (χ4n) is 2.15. The van der Waals surface area contributed by atoms with E-state index in [9.17, 15) is 14.3 Å². The number of anilines is 1. The van der Waals surface area contributed by atoms with E-state index < -0.39 is 12.0 Å². The average molecular weight is 379 g/mol. The van der Waals surface area contributed by atoms with Crippen molar-refractivity contribution in [2.75, 3.05) is 5.32 Å². The highest BCUT2D eigenvalue weighted by Gasteiger charge is 2.29. The SMILES string of the molecule is O=C(Nc1cc(Br)ccc1O)[C@H]1CC(c2ccc(F)cc2)=NO1. The summed E-state index contributed by atoms with van der Waals surface area (Å²) in [4.78, 5) is 17.4. The summed E-state index contributed by atoms with van der Waals surface area (Å²) in [6.07, 6.45) is -0.528. The van der Waals surface area contributed by atoms with E-state index in [0.717, 1.165) is 4.47 Å². The van der Waals surface area contributed by atoms with Crippen molar-refractivity contribution in [2.45, 2.75) is 12.5 Å². The number of benzene rings is 2. The number of carbonyl (C=O) groups is 1. The highest BCUT2D eigenvalue weighted by molar-refractivity contribution is 9.10. The molecule has 0 radical (unpaired) electrons. The number of halogens is 2. The first-order chi connectivity index (χ1) is 11.0. The van der Waals surface area contributed by atoms with E-state index in [0.29, 0.717) is 11.3 Å². The fraction of sp³-hybridized carbons (Fsp3) is 0.125. The van der Waals surface area contributed by atoms with Crippen LogP contribution in [-0.4, -0.2) is 22.8 Å². The molecule has 5 nitrogen and oxygen atoms in total. The van der Waals surface area contributed by atoms with Crippen molar-refractivity contribution in [1.82, 2.24) is 0 Å². The Morgan fingerprint density at radius 3 is 2.78 bits per heavy atom. The predicted octanol–water partition coefficient (Wildman–Crippen LogP) is 3.43. The van der Waals surface area contributed by atoms with Crippen LogP contribution in [0.2, 0.25) is 0 Å². The van der Waals surface area contributed by atoms with E-state index in [1.807, 2.05) is 0 Å². The fourth-order valence-corrected chi connectivity index (χ4v) is 2.51. The monoisotopic (exact) mass is 378 g/mol. The number of rotatable bonds is 3. The van der Waals surface area contributed by atoms with Crippen LogP contribution in [0.4, 0.5) is 10.1 Å². The van der Waals surface area contributed by atoms with Crippen LogP contribution >= 0.6 is 15.9 Å². The van der Waals surface area contributed by atoms with Crippen molar-refractivity contribution in [1.29, 1.82) is 0 Å². The lowest BCUT2D eigenvalue weighted by Crippen LogP contribution is -2.28. The van der Waals surface area contributed by atoms with Gasteiger partial charge in [-0.25, -0.2) is 4.39 Å². The van der Waals surface area contributed by atoms with Gasteiger partial charge in [-0.05, 0) is 35.9 Å². The molecule has 0 unspecified atom stereocenters. The molecule has 1 aliphatic rings. The van der Waals surface area contributed by atoms with Gasteiger partial charge in [-0.15, -0.1) is 0 Å². The third-order valence-electron chi connectivity index (χ3n) is 3.36. The van der Waals surface area contributed by atoms with E-state index in [-0.39, 0.29) is 23.7 Å². The number of phenols is 1. The van der Waals surface area contributed by atoms with Gasteiger partial charge in [-0.3, -0.25) is 4.79 Å². The van der Waals surface area contributed by atoms with E-state index >= 15 is 0 Å². The number of oxime groups is 1. The molecule has 0 fully saturated rings. The Balaban J connectivity index is 1.66. The zero-order valence-electron chi connectivity index (χ0n) is 11.8. The summed E-state index contributed by atoms with van der Waals surface area (Å²) in [5.74, 6) is -0.800. The van der Waals surface area contributed by atoms with Gasteiger partial charge in [0.2, 0.25) is 6.10 Å². The van der Waals surface area contributed by atoms with Gasteiger partial charge in [0, 0.05) is 10.9 Å². The highest BCUT2D eigenvalue weighted by atomic mass is 79.9. The van der Waals surface area contributed by atoms with Crippen LogP contribution in [0.15, 0.2) is 52.1 Å². The van der Waals surface area contributed by atoms with Crippen molar-refractivity contribution < 1.29 is 19.1 Å². The number of carbonyl (C=O) groups excluding carboxylic acids is 1. The third kappa shape index (κ3) is 3.50. The molecule has 3 rings (SSSR count). The Hall–Kier alpha value is -2.41. The second kappa shape index (κ2) is 6.37. The molecular weight excluding hydrogens is 367 g/mol. The first-order valence-corrected chi connectivity index (χ1v) is 7.60. The van der Waals surface area contributed by atoms with Crippen LogP contribution in [0.1, 0.15) is 12.0 Å². The second-order valence-corrected chi connectivity index (χ2v) is 5.91. The van der Waals surface area contributed by atoms with Gasteiger partial charge in [-0.1, -0.05) is 33.2 Å². The molecule has 0 aliphatic carbocycles. The molecule has 2 aromatic rings. The molecule has 2 N–H and O–H groups in total. The average Bonchev–Trinajstić information content (AvgIpc) is 3.02. The Labute approximate surface area is 139 Å². The summed E-state index contributed by atoms with van der Waals surface area (Å²) in [6, 6.07) is 10.5. The Bertz CT molecular complexity index is 777. The molecule has 7 heteroatoms. The maximum Gasteiger partial charge on any atom is 0.268 e. The summed E-state index contributed by atoms with van der Waals surface area (Å²) in [6.45, 7) is 0. The smallest absolute Gasteiger partial charge is 0.268 e. The van der Waals surface area contributed by atoms with Gasteiger partial charge < -0.3 is 15.3 Å². The van der Waals surface area contributed by atoms with Crippen LogP contribution in [0.3, 0.4) is 0 Å². The van der Waals surface area contributed by atoms with Gasteiger partial charge >= 0.3 is 0 Å². The zero-order valence-corrected chi connectivity index (χ0v) is 13.4. The van der Waals surface area contributed by atoms with Crippen molar-refractivity contribution in [3.8, 4) is 5.75 Å². The van der Waals surface area contributed by atoms with Crippen LogP contribution in [0, 0.1) is 5.82 Å².